The summed E-state index contributed by atoms with van der Waals surface area (Å²) < 4.78 is 67.7. The van der Waals surface area contributed by atoms with E-state index in [0.717, 1.165) is 18.2 Å². The monoisotopic (exact) mass is 463 g/mol. The fourth-order valence-electron chi connectivity index (χ4n) is 4.14. The van der Waals surface area contributed by atoms with E-state index in [2.05, 4.69) is 4.99 Å². The molecule has 1 fully saturated rings. The summed E-state index contributed by atoms with van der Waals surface area (Å²) in [5, 5.41) is 20.9. The highest BCUT2D eigenvalue weighted by atomic mass is 19.4. The number of rotatable bonds is 2. The Bertz CT molecular complexity index is 977. The zero-order chi connectivity index (χ0) is 24.2. The molecule has 176 valence electrons. The third kappa shape index (κ3) is 3.85. The Morgan fingerprint density at radius 2 is 1.97 bits per heavy atom. The van der Waals surface area contributed by atoms with Crippen molar-refractivity contribution in [3.05, 3.63) is 39.7 Å². The minimum absolute atomic E-state index is 0.502. The SMILES string of the molecule is C[C@@H]1OC[C@]2(c3cc([N+](=O)[O-])ccc3F)N=C(N(C(=O)O)C(C)(C)C)O[C@H](C(F)(F)F)[C@H]12. The number of non-ortho nitro benzene ring substituents is 1. The summed E-state index contributed by atoms with van der Waals surface area (Å²) in [6.07, 6.45) is -10.4. The summed E-state index contributed by atoms with van der Waals surface area (Å²) in [5.74, 6) is -2.67. The molecular formula is C19H21F4N3O6. The number of amides is 1. The molecule has 1 N–H and O–H groups in total. The Labute approximate surface area is 179 Å². The molecule has 1 aromatic carbocycles. The van der Waals surface area contributed by atoms with Crippen molar-refractivity contribution in [3.8, 4) is 0 Å². The fraction of sp³-hybridized carbons (Fsp3) is 0.579. The number of carbonyl (C=O) groups is 1. The normalized spacial score (nSPS) is 27.9. The Hall–Kier alpha value is -2.96. The molecule has 1 aromatic rings. The molecule has 13 heteroatoms. The Morgan fingerprint density at radius 3 is 2.47 bits per heavy atom. The van der Waals surface area contributed by atoms with E-state index in [9.17, 15) is 37.6 Å². The van der Waals surface area contributed by atoms with Crippen LogP contribution in [0.4, 0.5) is 28.0 Å². The van der Waals surface area contributed by atoms with Crippen LogP contribution < -0.4 is 0 Å². The topological polar surface area (TPSA) is 114 Å². The second-order valence-corrected chi connectivity index (χ2v) is 8.65. The zero-order valence-electron chi connectivity index (χ0n) is 17.5. The third-order valence-corrected chi connectivity index (χ3v) is 5.48. The molecular weight excluding hydrogens is 442 g/mol. The molecule has 2 aliphatic heterocycles. The minimum atomic E-state index is -5.00. The molecule has 3 rings (SSSR count). The van der Waals surface area contributed by atoms with Crippen LogP contribution in [0, 0.1) is 21.8 Å². The summed E-state index contributed by atoms with van der Waals surface area (Å²) >= 11 is 0. The van der Waals surface area contributed by atoms with Gasteiger partial charge in [0.1, 0.15) is 11.4 Å². The number of halogens is 4. The molecule has 0 spiro atoms. The summed E-state index contributed by atoms with van der Waals surface area (Å²) in [6, 6.07) is 1.53. The first kappa shape index (κ1) is 23.7. The van der Waals surface area contributed by atoms with Crippen LogP contribution in [0.25, 0.3) is 0 Å². The standard InChI is InChI=1S/C19H21F4N3O6/c1-9-13-14(19(21,22)23)32-15(25(16(27)28)17(2,3)4)24-18(13,8-31-9)11-7-10(26(29)30)5-6-12(11)20/h5-7,9,13-14H,8H2,1-4H3,(H,27,28)/t9-,13-,14-,18+/m0/s1. The number of nitro groups is 1. The van der Waals surface area contributed by atoms with E-state index >= 15 is 0 Å². The van der Waals surface area contributed by atoms with Crippen LogP contribution in [0.15, 0.2) is 23.2 Å². The molecule has 2 heterocycles. The van der Waals surface area contributed by atoms with Crippen molar-refractivity contribution in [2.24, 2.45) is 10.9 Å². The molecule has 0 radical (unpaired) electrons. The Kier molecular flexibility index (Phi) is 5.61. The number of amidine groups is 1. The lowest BCUT2D eigenvalue weighted by Gasteiger charge is -2.45. The molecule has 32 heavy (non-hydrogen) atoms. The van der Waals surface area contributed by atoms with E-state index in [-0.39, 0.29) is 0 Å². The lowest BCUT2D eigenvalue weighted by atomic mass is 9.74. The van der Waals surface area contributed by atoms with Gasteiger partial charge < -0.3 is 14.6 Å². The van der Waals surface area contributed by atoms with Crippen molar-refractivity contribution in [2.75, 3.05) is 6.61 Å². The summed E-state index contributed by atoms with van der Waals surface area (Å²) in [7, 11) is 0. The van der Waals surface area contributed by atoms with Crippen LogP contribution >= 0.6 is 0 Å². The van der Waals surface area contributed by atoms with Crippen molar-refractivity contribution < 1.29 is 41.9 Å². The highest BCUT2D eigenvalue weighted by Gasteiger charge is 2.65. The molecule has 4 atom stereocenters. The number of nitro benzene ring substituents is 1. The lowest BCUT2D eigenvalue weighted by Crippen LogP contribution is -2.60. The second-order valence-electron chi connectivity index (χ2n) is 8.65. The van der Waals surface area contributed by atoms with Gasteiger partial charge in [-0.05, 0) is 33.8 Å². The maximum absolute atomic E-state index is 14.9. The average Bonchev–Trinajstić information content (AvgIpc) is 2.96. The Morgan fingerprint density at radius 1 is 1.34 bits per heavy atom. The maximum Gasteiger partial charge on any atom is 0.426 e. The highest BCUT2D eigenvalue weighted by Crippen LogP contribution is 2.52. The molecule has 1 amide bonds. The van der Waals surface area contributed by atoms with E-state index in [0.29, 0.717) is 4.90 Å². The number of alkyl halides is 3. The molecule has 0 saturated carbocycles. The van der Waals surface area contributed by atoms with Crippen molar-refractivity contribution in [1.82, 2.24) is 4.90 Å². The zero-order valence-corrected chi connectivity index (χ0v) is 17.5. The van der Waals surface area contributed by atoms with Crippen LogP contribution in [0.3, 0.4) is 0 Å². The second kappa shape index (κ2) is 7.57. The number of nitrogens with zero attached hydrogens (tertiary/aromatic N) is 3. The third-order valence-electron chi connectivity index (χ3n) is 5.48. The van der Waals surface area contributed by atoms with Crippen LogP contribution in [0.2, 0.25) is 0 Å². The summed E-state index contributed by atoms with van der Waals surface area (Å²) in [4.78, 5) is 27.0. The van der Waals surface area contributed by atoms with Gasteiger partial charge in [0, 0.05) is 23.2 Å². The molecule has 0 unspecified atom stereocenters. The number of aliphatic imine (C=N–C) groups is 1. The first-order valence-electron chi connectivity index (χ1n) is 9.52. The van der Waals surface area contributed by atoms with Crippen LogP contribution in [-0.2, 0) is 15.0 Å². The van der Waals surface area contributed by atoms with E-state index in [1.165, 1.54) is 27.7 Å². The van der Waals surface area contributed by atoms with Gasteiger partial charge in [-0.3, -0.25) is 10.1 Å². The maximum atomic E-state index is 14.9. The molecule has 0 aliphatic carbocycles. The van der Waals surface area contributed by atoms with E-state index in [1.807, 2.05) is 0 Å². The van der Waals surface area contributed by atoms with E-state index in [1.54, 1.807) is 0 Å². The molecule has 0 aromatic heterocycles. The predicted molar refractivity (Wildman–Crippen MR) is 102 cm³/mol. The van der Waals surface area contributed by atoms with Gasteiger partial charge in [-0.25, -0.2) is 19.1 Å². The van der Waals surface area contributed by atoms with Crippen LogP contribution in [-0.4, -0.2) is 57.6 Å². The van der Waals surface area contributed by atoms with Gasteiger partial charge >= 0.3 is 12.3 Å². The van der Waals surface area contributed by atoms with Gasteiger partial charge in [0.05, 0.1) is 23.6 Å². The predicted octanol–water partition coefficient (Wildman–Crippen LogP) is 4.06. The van der Waals surface area contributed by atoms with Gasteiger partial charge in [0.15, 0.2) is 0 Å². The molecule has 0 bridgehead atoms. The van der Waals surface area contributed by atoms with Gasteiger partial charge in [-0.15, -0.1) is 0 Å². The summed E-state index contributed by atoms with van der Waals surface area (Å²) in [5.41, 5.74) is -4.45. The van der Waals surface area contributed by atoms with Gasteiger partial charge in [-0.1, -0.05) is 0 Å². The smallest absolute Gasteiger partial charge is 0.426 e. The number of fused-ring (bicyclic) bond motifs is 1. The first-order valence-corrected chi connectivity index (χ1v) is 9.52. The van der Waals surface area contributed by atoms with Crippen molar-refractivity contribution in [2.45, 2.75) is 57.2 Å². The minimum Gasteiger partial charge on any atom is -0.465 e. The van der Waals surface area contributed by atoms with Gasteiger partial charge in [0.2, 0.25) is 6.10 Å². The largest absolute Gasteiger partial charge is 0.465 e. The van der Waals surface area contributed by atoms with Gasteiger partial charge in [0.25, 0.3) is 11.7 Å². The quantitative estimate of drug-likeness (QED) is 0.402. The van der Waals surface area contributed by atoms with E-state index < -0.39 is 76.1 Å². The number of ether oxygens (including phenoxy) is 2. The summed E-state index contributed by atoms with van der Waals surface area (Å²) in [6.45, 7) is 5.00. The van der Waals surface area contributed by atoms with Crippen LogP contribution in [0.1, 0.15) is 33.3 Å². The van der Waals surface area contributed by atoms with Crippen molar-refractivity contribution in [3.63, 3.8) is 0 Å². The van der Waals surface area contributed by atoms with E-state index in [4.69, 9.17) is 9.47 Å². The number of hydrogen-bond donors (Lipinski definition) is 1. The Balaban J connectivity index is 2.35. The molecule has 2 aliphatic rings. The first-order chi connectivity index (χ1) is 14.6. The average molecular weight is 463 g/mol. The molecule has 9 nitrogen and oxygen atoms in total. The molecule has 1 saturated heterocycles. The van der Waals surface area contributed by atoms with Crippen molar-refractivity contribution in [1.29, 1.82) is 0 Å². The highest BCUT2D eigenvalue weighted by molar-refractivity contribution is 5.91. The number of carboxylic acid groups (broad SMARTS) is 1. The van der Waals surface area contributed by atoms with Crippen molar-refractivity contribution >= 4 is 17.8 Å². The fourth-order valence-corrected chi connectivity index (χ4v) is 4.14. The van der Waals surface area contributed by atoms with Gasteiger partial charge in [-0.2, -0.15) is 13.2 Å². The number of benzene rings is 1. The number of hydrogen-bond acceptors (Lipinski definition) is 6. The lowest BCUT2D eigenvalue weighted by molar-refractivity contribution is -0.385. The van der Waals surface area contributed by atoms with Crippen LogP contribution in [0.5, 0.6) is 0 Å².